The first kappa shape index (κ1) is 23.8. The molecule has 10 nitrogen and oxygen atoms in total. The van der Waals surface area contributed by atoms with Gasteiger partial charge in [-0.1, -0.05) is 18.2 Å². The second-order valence-corrected chi connectivity index (χ2v) is 8.21. The molecule has 5 rings (SSSR count). The Balaban J connectivity index is 0.000000431. The number of carbonyl (C=O) groups is 3. The van der Waals surface area contributed by atoms with E-state index in [-0.39, 0.29) is 12.7 Å². The summed E-state index contributed by atoms with van der Waals surface area (Å²) in [6, 6.07) is 13.9. The number of ether oxygens (including phenoxy) is 2. The number of carboxylic acid groups (broad SMARTS) is 2. The number of nitrogens with zero attached hydrogens (tertiary/aromatic N) is 3. The van der Waals surface area contributed by atoms with Crippen molar-refractivity contribution < 1.29 is 34.1 Å². The predicted octanol–water partition coefficient (Wildman–Crippen LogP) is 2.87. The first-order valence-corrected chi connectivity index (χ1v) is 11.1. The maximum Gasteiger partial charge on any atom is 0.414 e. The number of fused-ring (bicyclic) bond motifs is 2. The van der Waals surface area contributed by atoms with Crippen LogP contribution in [0, 0.1) is 5.92 Å². The minimum absolute atomic E-state index is 0.0641. The van der Waals surface area contributed by atoms with E-state index in [0.29, 0.717) is 5.92 Å². The summed E-state index contributed by atoms with van der Waals surface area (Å²) in [6.45, 7) is 2.80. The molecule has 35 heavy (non-hydrogen) atoms. The van der Waals surface area contributed by atoms with Gasteiger partial charge in [-0.15, -0.1) is 0 Å². The Hall–Kier alpha value is -4.34. The van der Waals surface area contributed by atoms with Crippen LogP contribution < -0.4 is 9.47 Å². The first-order chi connectivity index (χ1) is 16.9. The third-order valence-electron chi connectivity index (χ3n) is 5.91. The molecule has 10 heteroatoms. The van der Waals surface area contributed by atoms with Crippen LogP contribution in [0.15, 0.2) is 54.9 Å². The van der Waals surface area contributed by atoms with E-state index in [1.807, 2.05) is 53.7 Å². The van der Waals surface area contributed by atoms with E-state index in [2.05, 4.69) is 15.6 Å². The van der Waals surface area contributed by atoms with Crippen LogP contribution in [0.4, 0.5) is 0 Å². The molecule has 3 aromatic rings. The summed E-state index contributed by atoms with van der Waals surface area (Å²) in [7, 11) is 0. The summed E-state index contributed by atoms with van der Waals surface area (Å²) >= 11 is 0. The number of piperidine rings is 1. The number of aliphatic carboxylic acids is 2. The molecule has 0 saturated carbocycles. The fourth-order valence-corrected chi connectivity index (χ4v) is 4.06. The molecule has 3 heterocycles. The predicted molar refractivity (Wildman–Crippen MR) is 126 cm³/mol. The van der Waals surface area contributed by atoms with Crippen LogP contribution >= 0.6 is 0 Å². The van der Waals surface area contributed by atoms with E-state index in [9.17, 15) is 4.79 Å². The van der Waals surface area contributed by atoms with E-state index < -0.39 is 11.9 Å². The summed E-state index contributed by atoms with van der Waals surface area (Å²) in [6.07, 6.45) is 7.44. The number of amides is 1. The van der Waals surface area contributed by atoms with Crippen molar-refractivity contribution in [1.29, 1.82) is 0 Å². The Morgan fingerprint density at radius 1 is 1.00 bits per heavy atom. The zero-order valence-electron chi connectivity index (χ0n) is 18.9. The summed E-state index contributed by atoms with van der Waals surface area (Å²) in [5.41, 5.74) is 3.15. The Labute approximate surface area is 201 Å². The highest BCUT2D eigenvalue weighted by molar-refractivity contribution is 6.27. The molecule has 1 aromatic heterocycles. The molecule has 1 saturated heterocycles. The van der Waals surface area contributed by atoms with Crippen molar-refractivity contribution in [3.8, 4) is 11.5 Å². The lowest BCUT2D eigenvalue weighted by molar-refractivity contribution is -0.159. The van der Waals surface area contributed by atoms with Gasteiger partial charge >= 0.3 is 11.9 Å². The van der Waals surface area contributed by atoms with Gasteiger partial charge in [-0.25, -0.2) is 14.6 Å². The standard InChI is InChI=1S/C23H23N3O3.C2H2O4/c27-23(8-6-17-5-7-21-22(13-17)29-16-28-21)25-11-9-18(10-12-25)14-26-15-24-19-3-1-2-4-20(19)26;3-1(4)2(5)6/h1-8,13,15,18H,9-12,14,16H2;(H,3,4)(H,5,6)/b8-6+;. The number of para-hydroxylation sites is 2. The second kappa shape index (κ2) is 10.7. The van der Waals surface area contributed by atoms with Crippen molar-refractivity contribution in [2.45, 2.75) is 19.4 Å². The number of hydrogen-bond acceptors (Lipinski definition) is 6. The lowest BCUT2D eigenvalue weighted by Gasteiger charge is -2.31. The average Bonchev–Trinajstić information content (AvgIpc) is 3.50. The van der Waals surface area contributed by atoms with Crippen LogP contribution in [0.25, 0.3) is 17.1 Å². The van der Waals surface area contributed by atoms with Gasteiger partial charge in [-0.2, -0.15) is 0 Å². The molecule has 2 N–H and O–H groups in total. The number of aromatic nitrogens is 2. The van der Waals surface area contributed by atoms with E-state index >= 15 is 0 Å². The number of likely N-dealkylation sites (tertiary alicyclic amines) is 1. The topological polar surface area (TPSA) is 131 Å². The van der Waals surface area contributed by atoms with Crippen LogP contribution in [0.2, 0.25) is 0 Å². The van der Waals surface area contributed by atoms with Crippen molar-refractivity contribution in [2.24, 2.45) is 5.92 Å². The van der Waals surface area contributed by atoms with Crippen LogP contribution in [-0.2, 0) is 20.9 Å². The quantitative estimate of drug-likeness (QED) is 0.431. The normalized spacial score (nSPS) is 15.1. The van der Waals surface area contributed by atoms with Crippen LogP contribution in [0.1, 0.15) is 18.4 Å². The fraction of sp³-hybridized carbons (Fsp3) is 0.280. The maximum atomic E-state index is 12.6. The largest absolute Gasteiger partial charge is 0.473 e. The van der Waals surface area contributed by atoms with Crippen molar-refractivity contribution in [2.75, 3.05) is 19.9 Å². The van der Waals surface area contributed by atoms with E-state index in [4.69, 9.17) is 29.3 Å². The lowest BCUT2D eigenvalue weighted by Crippen LogP contribution is -2.38. The SMILES string of the molecule is O=C(/C=C/c1ccc2c(c1)OCO2)N1CCC(Cn2cnc3ccccc32)CC1.O=C(O)C(=O)O. The van der Waals surface area contributed by atoms with Gasteiger partial charge in [-0.3, -0.25) is 4.79 Å². The van der Waals surface area contributed by atoms with E-state index in [0.717, 1.165) is 55.1 Å². The van der Waals surface area contributed by atoms with E-state index in [1.165, 1.54) is 5.52 Å². The van der Waals surface area contributed by atoms with Gasteiger partial charge in [0.25, 0.3) is 0 Å². The van der Waals surface area contributed by atoms with Crippen molar-refractivity contribution in [1.82, 2.24) is 14.5 Å². The number of benzene rings is 2. The summed E-state index contributed by atoms with van der Waals surface area (Å²) < 4.78 is 12.9. The molecule has 0 unspecified atom stereocenters. The molecule has 182 valence electrons. The highest BCUT2D eigenvalue weighted by Crippen LogP contribution is 2.32. The average molecular weight is 479 g/mol. The number of rotatable bonds is 4. The van der Waals surface area contributed by atoms with Gasteiger partial charge in [0, 0.05) is 25.7 Å². The van der Waals surface area contributed by atoms with Crippen molar-refractivity contribution in [3.63, 3.8) is 0 Å². The molecule has 0 bridgehead atoms. The minimum Gasteiger partial charge on any atom is -0.473 e. The van der Waals surface area contributed by atoms with E-state index in [1.54, 1.807) is 6.08 Å². The number of carboxylic acids is 2. The van der Waals surface area contributed by atoms with Crippen LogP contribution in [-0.4, -0.2) is 62.4 Å². The molecular weight excluding hydrogens is 454 g/mol. The van der Waals surface area contributed by atoms with Gasteiger partial charge in [-0.05, 0) is 54.7 Å². The van der Waals surface area contributed by atoms with Crippen molar-refractivity contribution >= 4 is 35.0 Å². The third kappa shape index (κ3) is 5.97. The smallest absolute Gasteiger partial charge is 0.414 e. The lowest BCUT2D eigenvalue weighted by atomic mass is 9.96. The molecule has 1 amide bonds. The van der Waals surface area contributed by atoms with Gasteiger partial charge in [0.2, 0.25) is 12.7 Å². The molecule has 1 fully saturated rings. The first-order valence-electron chi connectivity index (χ1n) is 11.1. The van der Waals surface area contributed by atoms with Gasteiger partial charge in [0.1, 0.15) is 0 Å². The molecular formula is C25H25N3O7. The molecule has 0 radical (unpaired) electrons. The molecule has 2 aliphatic heterocycles. The monoisotopic (exact) mass is 479 g/mol. The molecule has 0 spiro atoms. The Morgan fingerprint density at radius 2 is 1.71 bits per heavy atom. The molecule has 0 atom stereocenters. The molecule has 0 aliphatic carbocycles. The third-order valence-corrected chi connectivity index (χ3v) is 5.91. The maximum absolute atomic E-state index is 12.6. The molecule has 2 aliphatic rings. The highest BCUT2D eigenvalue weighted by atomic mass is 16.7. The minimum atomic E-state index is -1.82. The zero-order chi connectivity index (χ0) is 24.8. The van der Waals surface area contributed by atoms with Gasteiger partial charge in [0.05, 0.1) is 17.4 Å². The zero-order valence-corrected chi connectivity index (χ0v) is 18.9. The van der Waals surface area contributed by atoms with Crippen LogP contribution in [0.5, 0.6) is 11.5 Å². The number of imidazole rings is 1. The highest BCUT2D eigenvalue weighted by Gasteiger charge is 2.22. The van der Waals surface area contributed by atoms with Crippen LogP contribution in [0.3, 0.4) is 0 Å². The number of hydrogen-bond donors (Lipinski definition) is 2. The Morgan fingerprint density at radius 3 is 2.46 bits per heavy atom. The van der Waals surface area contributed by atoms with Gasteiger partial charge in [0.15, 0.2) is 11.5 Å². The fourth-order valence-electron chi connectivity index (χ4n) is 4.06. The summed E-state index contributed by atoms with van der Waals surface area (Å²) in [5, 5.41) is 14.8. The Kier molecular flexibility index (Phi) is 7.30. The second-order valence-electron chi connectivity index (χ2n) is 8.21. The molecule has 2 aromatic carbocycles. The Bertz CT molecular complexity index is 1250. The van der Waals surface area contributed by atoms with Gasteiger partial charge < -0.3 is 29.2 Å². The summed E-state index contributed by atoms with van der Waals surface area (Å²) in [4.78, 5) is 37.2. The van der Waals surface area contributed by atoms with Crippen molar-refractivity contribution in [3.05, 3.63) is 60.4 Å². The summed E-state index contributed by atoms with van der Waals surface area (Å²) in [5.74, 6) is -1.54. The number of carbonyl (C=O) groups excluding carboxylic acids is 1.